The number of carbonyl (C=O) groups excluding carboxylic acids is 2. The maximum absolute atomic E-state index is 14.6. The molecule has 1 aromatic rings. The molecule has 0 saturated carbocycles. The van der Waals surface area contributed by atoms with Gasteiger partial charge in [0, 0.05) is 26.2 Å². The number of hydrogen-bond acceptors (Lipinski definition) is 4. The first-order chi connectivity index (χ1) is 13.0. The second-order valence-corrected chi connectivity index (χ2v) is 9.30. The summed E-state index contributed by atoms with van der Waals surface area (Å²) in [6, 6.07) is 0.762. The van der Waals surface area contributed by atoms with Gasteiger partial charge in [0.1, 0.15) is 5.60 Å². The van der Waals surface area contributed by atoms with E-state index >= 15 is 0 Å². The molecular weight excluding hydrogens is 525 g/mol. The van der Waals surface area contributed by atoms with E-state index in [1.165, 1.54) is 15.9 Å². The summed E-state index contributed by atoms with van der Waals surface area (Å²) in [4.78, 5) is 28.2. The Bertz CT molecular complexity index is 773. The highest BCUT2D eigenvalue weighted by Crippen LogP contribution is 2.32. The van der Waals surface area contributed by atoms with Crippen LogP contribution in [0, 0.1) is 9.39 Å². The van der Waals surface area contributed by atoms with Gasteiger partial charge in [0.25, 0.3) is 5.91 Å². The van der Waals surface area contributed by atoms with Crippen molar-refractivity contribution in [2.75, 3.05) is 26.2 Å². The van der Waals surface area contributed by atoms with E-state index in [2.05, 4.69) is 0 Å². The number of halogens is 4. The smallest absolute Gasteiger partial charge is 0.410 e. The normalized spacial score (nSPS) is 17.6. The number of ether oxygens (including phenoxy) is 1. The van der Waals surface area contributed by atoms with Crippen LogP contribution in [-0.4, -0.2) is 64.8 Å². The van der Waals surface area contributed by atoms with Gasteiger partial charge in [-0.15, -0.1) is 0 Å². The van der Waals surface area contributed by atoms with E-state index in [1.807, 2.05) is 0 Å². The van der Waals surface area contributed by atoms with E-state index in [1.54, 1.807) is 43.4 Å². The Hall–Kier alpha value is -0.840. The minimum absolute atomic E-state index is 0.170. The van der Waals surface area contributed by atoms with E-state index in [0.29, 0.717) is 3.57 Å². The topological polar surface area (TPSA) is 70.1 Å². The molecule has 1 heterocycles. The molecule has 28 heavy (non-hydrogen) atoms. The van der Waals surface area contributed by atoms with Crippen LogP contribution < -0.4 is 0 Å². The fourth-order valence-corrected chi connectivity index (χ4v) is 3.74. The van der Waals surface area contributed by atoms with Crippen molar-refractivity contribution in [1.82, 2.24) is 9.80 Å². The number of piperazine rings is 1. The van der Waals surface area contributed by atoms with Crippen LogP contribution in [0.25, 0.3) is 0 Å². The van der Waals surface area contributed by atoms with Gasteiger partial charge in [-0.05, 0) is 55.8 Å². The maximum Gasteiger partial charge on any atom is 0.410 e. The van der Waals surface area contributed by atoms with Crippen LogP contribution in [-0.2, 0) is 4.74 Å². The zero-order valence-corrected chi connectivity index (χ0v) is 19.4. The van der Waals surface area contributed by atoms with Crippen LogP contribution in [0.1, 0.15) is 37.6 Å². The molecule has 0 spiro atoms. The number of nitrogens with zero attached hydrogens (tertiary/aromatic N) is 2. The molecule has 2 amide bonds. The summed E-state index contributed by atoms with van der Waals surface area (Å²) in [5, 5.41) is 9.37. The Balaban J connectivity index is 2.24. The summed E-state index contributed by atoms with van der Waals surface area (Å²) in [7, 11) is 0. The van der Waals surface area contributed by atoms with E-state index < -0.39 is 29.5 Å². The highest BCUT2D eigenvalue weighted by molar-refractivity contribution is 14.1. The molecule has 1 atom stereocenters. The van der Waals surface area contributed by atoms with Gasteiger partial charge in [-0.25, -0.2) is 9.18 Å². The van der Waals surface area contributed by atoms with E-state index in [4.69, 9.17) is 27.9 Å². The average molecular weight is 547 g/mol. The second-order valence-electron chi connectivity index (χ2n) is 7.44. The molecule has 156 valence electrons. The third-order valence-corrected chi connectivity index (χ3v) is 6.60. The predicted molar refractivity (Wildman–Crippen MR) is 113 cm³/mol. The molecule has 0 unspecified atom stereocenters. The van der Waals surface area contributed by atoms with E-state index in [-0.39, 0.29) is 48.3 Å². The van der Waals surface area contributed by atoms with Crippen molar-refractivity contribution < 1.29 is 23.8 Å². The first-order valence-electron chi connectivity index (χ1n) is 8.69. The lowest BCUT2D eigenvalue weighted by Gasteiger charge is -2.41. The van der Waals surface area contributed by atoms with Crippen molar-refractivity contribution in [2.45, 2.75) is 38.8 Å². The number of benzene rings is 1. The summed E-state index contributed by atoms with van der Waals surface area (Å²) < 4.78 is 20.3. The Labute approximate surface area is 187 Å². The predicted octanol–water partition coefficient (Wildman–Crippen LogP) is 4.18. The van der Waals surface area contributed by atoms with Gasteiger partial charge < -0.3 is 19.6 Å². The van der Waals surface area contributed by atoms with Crippen LogP contribution in [0.3, 0.4) is 0 Å². The monoisotopic (exact) mass is 546 g/mol. The zero-order chi connectivity index (χ0) is 21.2. The molecular formula is C18H22Cl2FIN2O4. The molecule has 1 fully saturated rings. The second kappa shape index (κ2) is 9.32. The zero-order valence-electron chi connectivity index (χ0n) is 15.8. The molecule has 0 aliphatic carbocycles. The van der Waals surface area contributed by atoms with Crippen molar-refractivity contribution in [3.63, 3.8) is 0 Å². The van der Waals surface area contributed by atoms with E-state index in [9.17, 15) is 19.1 Å². The van der Waals surface area contributed by atoms with Crippen molar-refractivity contribution in [2.24, 2.45) is 0 Å². The van der Waals surface area contributed by atoms with Crippen LogP contribution in [0.5, 0.6) is 0 Å². The lowest BCUT2D eigenvalue weighted by atomic mass is 10.1. The van der Waals surface area contributed by atoms with Crippen molar-refractivity contribution in [1.29, 1.82) is 0 Å². The Morgan fingerprint density at radius 1 is 1.36 bits per heavy atom. The Kier molecular flexibility index (Phi) is 7.80. The average Bonchev–Trinajstić information content (AvgIpc) is 2.61. The highest BCUT2D eigenvalue weighted by Gasteiger charge is 2.35. The summed E-state index contributed by atoms with van der Waals surface area (Å²) >= 11 is 13.8. The molecule has 0 radical (unpaired) electrons. The van der Waals surface area contributed by atoms with Gasteiger partial charge in [0.2, 0.25) is 0 Å². The van der Waals surface area contributed by atoms with Gasteiger partial charge in [-0.2, -0.15) is 0 Å². The third kappa shape index (κ3) is 5.40. The van der Waals surface area contributed by atoms with Crippen LogP contribution in [0.2, 0.25) is 10.0 Å². The summed E-state index contributed by atoms with van der Waals surface area (Å²) in [6.45, 7) is 5.69. The number of carbonyl (C=O) groups is 2. The third-order valence-electron chi connectivity index (χ3n) is 4.19. The number of rotatable bonds is 3. The maximum atomic E-state index is 14.6. The summed E-state index contributed by atoms with van der Waals surface area (Å²) in [5.41, 5.74) is -0.877. The van der Waals surface area contributed by atoms with Crippen LogP contribution in [0.4, 0.5) is 9.18 Å². The molecule has 0 bridgehead atoms. The van der Waals surface area contributed by atoms with Gasteiger partial charge in [-0.3, -0.25) is 4.79 Å². The van der Waals surface area contributed by atoms with Crippen molar-refractivity contribution >= 4 is 57.8 Å². The molecule has 1 aliphatic heterocycles. The largest absolute Gasteiger partial charge is 0.444 e. The lowest BCUT2D eigenvalue weighted by molar-refractivity contribution is 0.00167. The lowest BCUT2D eigenvalue weighted by Crippen LogP contribution is -2.57. The number of amides is 2. The first-order valence-corrected chi connectivity index (χ1v) is 10.5. The van der Waals surface area contributed by atoms with Gasteiger partial charge in [0.05, 0.1) is 25.2 Å². The molecule has 1 aliphatic rings. The molecule has 1 saturated heterocycles. The standard InChI is InChI=1S/C18H22Cl2FIN2O4/c1-18(2,3)28-17(27)23-5-6-24(10(9-23)4-7-25)16(26)11-8-12(19)15(22)13(20)14(11)21/h8,10,25H,4-7,9H2,1-3H3/t10-/m0/s1. The molecule has 1 N–H and O–H groups in total. The number of aliphatic hydroxyl groups excluding tert-OH is 1. The minimum atomic E-state index is -0.835. The summed E-state index contributed by atoms with van der Waals surface area (Å²) in [5.74, 6) is -1.42. The van der Waals surface area contributed by atoms with Gasteiger partial charge >= 0.3 is 6.09 Å². The fourth-order valence-electron chi connectivity index (χ4n) is 2.89. The van der Waals surface area contributed by atoms with Gasteiger partial charge in [-0.1, -0.05) is 23.2 Å². The molecule has 2 rings (SSSR count). The van der Waals surface area contributed by atoms with Crippen molar-refractivity contribution in [3.8, 4) is 0 Å². The fraction of sp³-hybridized carbons (Fsp3) is 0.556. The number of aliphatic hydroxyl groups is 1. The van der Waals surface area contributed by atoms with E-state index in [0.717, 1.165) is 0 Å². The molecule has 6 nitrogen and oxygen atoms in total. The quantitative estimate of drug-likeness (QED) is 0.351. The summed E-state index contributed by atoms with van der Waals surface area (Å²) in [6.07, 6.45) is -0.257. The molecule has 0 aromatic heterocycles. The van der Waals surface area contributed by atoms with Gasteiger partial charge in [0.15, 0.2) is 5.82 Å². The highest BCUT2D eigenvalue weighted by atomic mass is 127. The van der Waals surface area contributed by atoms with Crippen LogP contribution >= 0.6 is 45.8 Å². The first kappa shape index (κ1) is 23.4. The molecule has 1 aromatic carbocycles. The Morgan fingerprint density at radius 3 is 2.57 bits per heavy atom. The minimum Gasteiger partial charge on any atom is -0.444 e. The molecule has 10 heteroatoms. The SMILES string of the molecule is CC(C)(C)OC(=O)N1CCN(C(=O)c2cc(Cl)c(I)c(Cl)c2F)[C@@H](CCO)C1. The van der Waals surface area contributed by atoms with Crippen molar-refractivity contribution in [3.05, 3.63) is 31.1 Å². The van der Waals surface area contributed by atoms with Crippen LogP contribution in [0.15, 0.2) is 6.07 Å². The Morgan fingerprint density at radius 2 is 2.00 bits per heavy atom. The number of hydrogen-bond donors (Lipinski definition) is 1.